The number of halogens is 1. The number of aryl methyl sites for hydroxylation is 1. The monoisotopic (exact) mass is 313 g/mol. The van der Waals surface area contributed by atoms with Crippen molar-refractivity contribution in [2.45, 2.75) is 19.4 Å². The molecule has 0 saturated carbocycles. The Balaban J connectivity index is 2.12. The molecule has 2 heterocycles. The van der Waals surface area contributed by atoms with Crippen LogP contribution >= 0.6 is 27.3 Å². The lowest BCUT2D eigenvalue weighted by molar-refractivity contribution is 0.553. The van der Waals surface area contributed by atoms with Crippen molar-refractivity contribution in [2.75, 3.05) is 6.54 Å². The largest absolute Gasteiger partial charge is 0.310 e. The molecule has 0 bridgehead atoms. The quantitative estimate of drug-likeness (QED) is 0.919. The second-order valence-electron chi connectivity index (χ2n) is 3.97. The number of rotatable bonds is 5. The smallest absolute Gasteiger partial charge is 0.0701 e. The molecule has 92 valence electrons. The molecule has 0 radical (unpaired) electrons. The van der Waals surface area contributed by atoms with Gasteiger partial charge in [0, 0.05) is 36.1 Å². The number of likely N-dealkylation sites (N-methyl/N-ethyl adjacent to an activating group) is 1. The molecule has 0 aliphatic rings. The molecule has 0 fully saturated rings. The van der Waals surface area contributed by atoms with Crippen LogP contribution in [0.2, 0.25) is 0 Å². The molecule has 0 amide bonds. The van der Waals surface area contributed by atoms with Gasteiger partial charge in [0.2, 0.25) is 0 Å². The fourth-order valence-electron chi connectivity index (χ4n) is 1.84. The number of nitrogens with zero attached hydrogens (tertiary/aromatic N) is 2. The number of hydrogen-bond acceptors (Lipinski definition) is 3. The van der Waals surface area contributed by atoms with Crippen LogP contribution in [0, 0.1) is 0 Å². The van der Waals surface area contributed by atoms with Gasteiger partial charge in [0.15, 0.2) is 0 Å². The molecule has 1 N–H and O–H groups in total. The number of aromatic nitrogens is 2. The lowest BCUT2D eigenvalue weighted by atomic mass is 10.1. The van der Waals surface area contributed by atoms with Crippen LogP contribution in [-0.2, 0) is 13.5 Å². The molecule has 0 aliphatic carbocycles. The summed E-state index contributed by atoms with van der Waals surface area (Å²) in [5.41, 5.74) is 1.25. The zero-order chi connectivity index (χ0) is 12.3. The molecule has 17 heavy (non-hydrogen) atoms. The Bertz CT molecular complexity index is 478. The summed E-state index contributed by atoms with van der Waals surface area (Å²) in [5.74, 6) is 0. The standard InChI is InChI=1S/C12H16BrN3S/c1-3-14-11(9-7-15-16(2)8-9)6-10-4-5-12(13)17-10/h4-5,7-8,11,14H,3,6H2,1-2H3. The zero-order valence-electron chi connectivity index (χ0n) is 9.98. The zero-order valence-corrected chi connectivity index (χ0v) is 12.4. The van der Waals surface area contributed by atoms with Crippen molar-refractivity contribution >= 4 is 27.3 Å². The molecule has 5 heteroatoms. The third kappa shape index (κ3) is 3.40. The maximum atomic E-state index is 4.24. The average Bonchev–Trinajstić information content (AvgIpc) is 2.87. The van der Waals surface area contributed by atoms with Crippen molar-refractivity contribution < 1.29 is 0 Å². The van der Waals surface area contributed by atoms with Gasteiger partial charge < -0.3 is 5.32 Å². The minimum Gasteiger partial charge on any atom is -0.310 e. The first kappa shape index (κ1) is 12.8. The van der Waals surface area contributed by atoms with Crippen LogP contribution < -0.4 is 5.32 Å². The van der Waals surface area contributed by atoms with E-state index in [4.69, 9.17) is 0 Å². The van der Waals surface area contributed by atoms with E-state index in [-0.39, 0.29) is 0 Å². The number of thiophene rings is 1. The summed E-state index contributed by atoms with van der Waals surface area (Å²) in [6, 6.07) is 4.63. The van der Waals surface area contributed by atoms with E-state index in [1.54, 1.807) is 11.3 Å². The Morgan fingerprint density at radius 3 is 2.88 bits per heavy atom. The Hall–Kier alpha value is -0.650. The van der Waals surface area contributed by atoms with Gasteiger partial charge >= 0.3 is 0 Å². The van der Waals surface area contributed by atoms with E-state index >= 15 is 0 Å². The third-order valence-corrected chi connectivity index (χ3v) is 4.26. The molecule has 2 aromatic rings. The lowest BCUT2D eigenvalue weighted by Crippen LogP contribution is -2.22. The van der Waals surface area contributed by atoms with Crippen molar-refractivity contribution in [3.63, 3.8) is 0 Å². The van der Waals surface area contributed by atoms with Crippen molar-refractivity contribution in [1.82, 2.24) is 15.1 Å². The van der Waals surface area contributed by atoms with E-state index in [9.17, 15) is 0 Å². The second-order valence-corrected chi connectivity index (χ2v) is 6.52. The first-order chi connectivity index (χ1) is 8.19. The predicted octanol–water partition coefficient (Wildman–Crippen LogP) is 3.14. The Kier molecular flexibility index (Phi) is 4.36. The van der Waals surface area contributed by atoms with Gasteiger partial charge in [-0.2, -0.15) is 5.10 Å². The second kappa shape index (κ2) is 5.80. The predicted molar refractivity (Wildman–Crippen MR) is 75.3 cm³/mol. The van der Waals surface area contributed by atoms with E-state index in [0.29, 0.717) is 6.04 Å². The molecule has 0 aliphatic heterocycles. The molecular weight excluding hydrogens is 298 g/mol. The molecule has 1 atom stereocenters. The minimum absolute atomic E-state index is 0.347. The van der Waals surface area contributed by atoms with Gasteiger partial charge in [0.1, 0.15) is 0 Å². The van der Waals surface area contributed by atoms with Crippen LogP contribution in [0.25, 0.3) is 0 Å². The summed E-state index contributed by atoms with van der Waals surface area (Å²) in [6.45, 7) is 3.10. The highest BCUT2D eigenvalue weighted by atomic mass is 79.9. The van der Waals surface area contributed by atoms with E-state index in [1.165, 1.54) is 14.2 Å². The number of nitrogens with one attached hydrogen (secondary N) is 1. The summed E-state index contributed by atoms with van der Waals surface area (Å²) in [7, 11) is 1.95. The fraction of sp³-hybridized carbons (Fsp3) is 0.417. The molecule has 0 aromatic carbocycles. The van der Waals surface area contributed by atoms with E-state index < -0.39 is 0 Å². The van der Waals surface area contributed by atoms with E-state index in [1.807, 2.05) is 17.9 Å². The maximum absolute atomic E-state index is 4.24. The van der Waals surface area contributed by atoms with Gasteiger partial charge in [-0.25, -0.2) is 0 Å². The topological polar surface area (TPSA) is 29.9 Å². The fourth-order valence-corrected chi connectivity index (χ4v) is 3.37. The third-order valence-electron chi connectivity index (χ3n) is 2.61. The minimum atomic E-state index is 0.347. The van der Waals surface area contributed by atoms with E-state index in [0.717, 1.165) is 13.0 Å². The van der Waals surface area contributed by atoms with Gasteiger partial charge in [-0.15, -0.1) is 11.3 Å². The van der Waals surface area contributed by atoms with Gasteiger partial charge in [0.05, 0.1) is 9.98 Å². The summed E-state index contributed by atoms with van der Waals surface area (Å²) in [4.78, 5) is 1.38. The molecular formula is C12H16BrN3S. The molecule has 2 rings (SSSR count). The number of hydrogen-bond donors (Lipinski definition) is 1. The van der Waals surface area contributed by atoms with Gasteiger partial charge in [-0.3, -0.25) is 4.68 Å². The summed E-state index contributed by atoms with van der Waals surface area (Å²) < 4.78 is 3.04. The first-order valence-electron chi connectivity index (χ1n) is 5.65. The molecule has 0 spiro atoms. The normalized spacial score (nSPS) is 12.9. The van der Waals surface area contributed by atoms with Crippen molar-refractivity contribution in [1.29, 1.82) is 0 Å². The summed E-state index contributed by atoms with van der Waals surface area (Å²) >= 11 is 5.30. The van der Waals surface area contributed by atoms with Crippen LogP contribution in [0.3, 0.4) is 0 Å². The van der Waals surface area contributed by atoms with Gasteiger partial charge in [0.25, 0.3) is 0 Å². The van der Waals surface area contributed by atoms with Gasteiger partial charge in [-0.1, -0.05) is 6.92 Å². The lowest BCUT2D eigenvalue weighted by Gasteiger charge is -2.15. The summed E-state index contributed by atoms with van der Waals surface area (Å²) in [6.07, 6.45) is 5.03. The SMILES string of the molecule is CCNC(Cc1ccc(Br)s1)c1cnn(C)c1. The molecule has 0 saturated heterocycles. The Labute approximate surface area is 114 Å². The highest BCUT2D eigenvalue weighted by molar-refractivity contribution is 9.11. The first-order valence-corrected chi connectivity index (χ1v) is 7.26. The van der Waals surface area contributed by atoms with Crippen LogP contribution in [0.15, 0.2) is 28.3 Å². The van der Waals surface area contributed by atoms with Crippen molar-refractivity contribution in [3.05, 3.63) is 38.8 Å². The Morgan fingerprint density at radius 1 is 1.53 bits per heavy atom. The Morgan fingerprint density at radius 2 is 2.35 bits per heavy atom. The van der Waals surface area contributed by atoms with Crippen LogP contribution in [-0.4, -0.2) is 16.3 Å². The highest BCUT2D eigenvalue weighted by Gasteiger charge is 2.13. The summed E-state index contributed by atoms with van der Waals surface area (Å²) in [5, 5.41) is 7.75. The van der Waals surface area contributed by atoms with Crippen LogP contribution in [0.1, 0.15) is 23.4 Å². The average molecular weight is 314 g/mol. The molecule has 2 aromatic heterocycles. The van der Waals surface area contributed by atoms with Gasteiger partial charge in [-0.05, 0) is 34.6 Å². The van der Waals surface area contributed by atoms with Crippen molar-refractivity contribution in [3.8, 4) is 0 Å². The van der Waals surface area contributed by atoms with Crippen LogP contribution in [0.4, 0.5) is 0 Å². The highest BCUT2D eigenvalue weighted by Crippen LogP contribution is 2.26. The molecule has 3 nitrogen and oxygen atoms in total. The maximum Gasteiger partial charge on any atom is 0.0701 e. The van der Waals surface area contributed by atoms with Crippen molar-refractivity contribution in [2.24, 2.45) is 7.05 Å². The van der Waals surface area contributed by atoms with E-state index in [2.05, 4.69) is 51.6 Å². The van der Waals surface area contributed by atoms with Crippen LogP contribution in [0.5, 0.6) is 0 Å². The molecule has 1 unspecified atom stereocenters.